The van der Waals surface area contributed by atoms with Crippen LogP contribution in [-0.2, 0) is 11.3 Å². The van der Waals surface area contributed by atoms with E-state index in [4.69, 9.17) is 4.74 Å². The van der Waals surface area contributed by atoms with E-state index in [0.29, 0.717) is 16.1 Å². The Morgan fingerprint density at radius 1 is 1.04 bits per heavy atom. The fourth-order valence-electron chi connectivity index (χ4n) is 2.17. The molecular weight excluding hydrogens is 341 g/mol. The number of carbonyl (C=O) groups is 2. The maximum Gasteiger partial charge on any atom is 0.338 e. The predicted molar refractivity (Wildman–Crippen MR) is 94.2 cm³/mol. The number of anilines is 1. The molecule has 1 aromatic heterocycles. The lowest BCUT2D eigenvalue weighted by Gasteiger charge is -2.08. The van der Waals surface area contributed by atoms with Crippen molar-refractivity contribution >= 4 is 28.9 Å². The van der Waals surface area contributed by atoms with Crippen molar-refractivity contribution in [2.75, 3.05) is 5.32 Å². The van der Waals surface area contributed by atoms with Crippen molar-refractivity contribution in [3.8, 4) is 0 Å². The maximum atomic E-state index is 13.5. The fraction of sp³-hybridized carbons (Fsp3) is 0.0526. The highest BCUT2D eigenvalue weighted by Crippen LogP contribution is 2.16. The molecule has 126 valence electrons. The van der Waals surface area contributed by atoms with E-state index in [-0.39, 0.29) is 18.1 Å². The second-order valence-corrected chi connectivity index (χ2v) is 6.13. The largest absolute Gasteiger partial charge is 0.457 e. The fourth-order valence-corrected chi connectivity index (χ4v) is 2.79. The number of esters is 1. The normalized spacial score (nSPS) is 10.3. The van der Waals surface area contributed by atoms with Gasteiger partial charge in [0, 0.05) is 11.3 Å². The number of ether oxygens (including phenoxy) is 1. The number of nitrogens with one attached hydrogen (secondary N) is 1. The molecule has 0 fully saturated rings. The van der Waals surface area contributed by atoms with E-state index in [0.717, 1.165) is 0 Å². The van der Waals surface area contributed by atoms with Crippen molar-refractivity contribution in [3.05, 3.63) is 87.9 Å². The summed E-state index contributed by atoms with van der Waals surface area (Å²) in [4.78, 5) is 24.8. The summed E-state index contributed by atoms with van der Waals surface area (Å²) in [7, 11) is 0. The summed E-state index contributed by atoms with van der Waals surface area (Å²) in [6, 6.07) is 16.0. The van der Waals surface area contributed by atoms with Gasteiger partial charge in [0.05, 0.1) is 10.4 Å². The molecule has 0 aliphatic heterocycles. The smallest absolute Gasteiger partial charge is 0.338 e. The van der Waals surface area contributed by atoms with Crippen molar-refractivity contribution in [1.82, 2.24) is 0 Å². The Labute approximate surface area is 147 Å². The molecule has 0 aliphatic carbocycles. The summed E-state index contributed by atoms with van der Waals surface area (Å²) < 4.78 is 18.7. The van der Waals surface area contributed by atoms with Crippen LogP contribution in [0.3, 0.4) is 0 Å². The van der Waals surface area contributed by atoms with Crippen LogP contribution >= 0.6 is 11.3 Å². The number of hydrogen-bond acceptors (Lipinski definition) is 4. The summed E-state index contributed by atoms with van der Waals surface area (Å²) >= 11 is 1.33. The molecule has 1 amide bonds. The van der Waals surface area contributed by atoms with Gasteiger partial charge in [-0.2, -0.15) is 0 Å². The zero-order valence-corrected chi connectivity index (χ0v) is 13.9. The van der Waals surface area contributed by atoms with Gasteiger partial charge in [0.25, 0.3) is 5.91 Å². The Hall–Kier alpha value is -2.99. The standard InChI is InChI=1S/C19H14FNO3S/c20-16-8-2-1-5-14(16)12-24-19(23)13-6-3-7-15(11-13)21-18(22)17-9-4-10-25-17/h1-11H,12H2,(H,21,22). The lowest BCUT2D eigenvalue weighted by Crippen LogP contribution is -2.11. The number of rotatable bonds is 5. The number of hydrogen-bond donors (Lipinski definition) is 1. The zero-order valence-electron chi connectivity index (χ0n) is 13.1. The second-order valence-electron chi connectivity index (χ2n) is 5.18. The molecule has 6 heteroatoms. The van der Waals surface area contributed by atoms with E-state index < -0.39 is 11.8 Å². The van der Waals surface area contributed by atoms with Crippen LogP contribution in [0, 0.1) is 5.82 Å². The molecule has 3 aromatic rings. The third-order valence-electron chi connectivity index (χ3n) is 3.42. The van der Waals surface area contributed by atoms with Crippen molar-refractivity contribution in [3.63, 3.8) is 0 Å². The first kappa shape index (κ1) is 16.9. The summed E-state index contributed by atoms with van der Waals surface area (Å²) in [5.41, 5.74) is 1.07. The molecule has 1 heterocycles. The van der Waals surface area contributed by atoms with Crippen molar-refractivity contribution in [1.29, 1.82) is 0 Å². The summed E-state index contributed by atoms with van der Waals surface area (Å²) in [5, 5.41) is 4.54. The summed E-state index contributed by atoms with van der Waals surface area (Å²) in [5.74, 6) is -1.25. The van der Waals surface area contributed by atoms with Crippen LogP contribution < -0.4 is 5.32 Å². The molecule has 0 atom stereocenters. The van der Waals surface area contributed by atoms with Gasteiger partial charge in [-0.1, -0.05) is 30.3 Å². The van der Waals surface area contributed by atoms with Crippen molar-refractivity contribution in [2.45, 2.75) is 6.61 Å². The van der Waals surface area contributed by atoms with E-state index in [1.807, 2.05) is 5.38 Å². The number of benzene rings is 2. The first-order valence-electron chi connectivity index (χ1n) is 7.49. The van der Waals surface area contributed by atoms with Crippen LogP contribution in [0.25, 0.3) is 0 Å². The van der Waals surface area contributed by atoms with Gasteiger partial charge in [0.1, 0.15) is 12.4 Å². The van der Waals surface area contributed by atoms with Gasteiger partial charge in [0.2, 0.25) is 0 Å². The Kier molecular flexibility index (Phi) is 5.20. The van der Waals surface area contributed by atoms with Crippen LogP contribution in [0.15, 0.2) is 66.0 Å². The number of thiophene rings is 1. The monoisotopic (exact) mass is 355 g/mol. The molecule has 25 heavy (non-hydrogen) atoms. The van der Waals surface area contributed by atoms with Gasteiger partial charge >= 0.3 is 5.97 Å². The molecule has 0 saturated carbocycles. The van der Waals surface area contributed by atoms with Gasteiger partial charge in [-0.15, -0.1) is 11.3 Å². The highest BCUT2D eigenvalue weighted by molar-refractivity contribution is 7.12. The second kappa shape index (κ2) is 7.72. The number of halogens is 1. The first-order valence-corrected chi connectivity index (χ1v) is 8.37. The Bertz CT molecular complexity index is 893. The highest BCUT2D eigenvalue weighted by atomic mass is 32.1. The molecule has 0 spiro atoms. The summed E-state index contributed by atoms with van der Waals surface area (Å²) in [6.45, 7) is -0.155. The molecule has 3 rings (SSSR count). The minimum Gasteiger partial charge on any atom is -0.457 e. The van der Waals surface area contributed by atoms with Gasteiger partial charge in [-0.05, 0) is 35.7 Å². The quantitative estimate of drug-likeness (QED) is 0.686. The number of carbonyl (C=O) groups excluding carboxylic acids is 2. The molecule has 4 nitrogen and oxygen atoms in total. The topological polar surface area (TPSA) is 55.4 Å². The minimum atomic E-state index is -0.588. The molecule has 0 radical (unpaired) electrons. The molecule has 1 N–H and O–H groups in total. The Morgan fingerprint density at radius 3 is 2.64 bits per heavy atom. The third-order valence-corrected chi connectivity index (χ3v) is 4.29. The van der Waals surface area contributed by atoms with E-state index >= 15 is 0 Å². The van der Waals surface area contributed by atoms with E-state index in [2.05, 4.69) is 5.32 Å². The van der Waals surface area contributed by atoms with Gasteiger partial charge in [-0.3, -0.25) is 4.79 Å². The molecule has 0 unspecified atom stereocenters. The van der Waals surface area contributed by atoms with Gasteiger partial charge in [-0.25, -0.2) is 9.18 Å². The lowest BCUT2D eigenvalue weighted by molar-refractivity contribution is 0.0469. The number of amides is 1. The molecular formula is C19H14FNO3S. The average molecular weight is 355 g/mol. The average Bonchev–Trinajstić information content (AvgIpc) is 3.16. The van der Waals surface area contributed by atoms with Crippen LogP contribution in [0.2, 0.25) is 0 Å². The highest BCUT2D eigenvalue weighted by Gasteiger charge is 2.12. The molecule has 0 aliphatic rings. The van der Waals surface area contributed by atoms with Crippen molar-refractivity contribution < 1.29 is 18.7 Å². The van der Waals surface area contributed by atoms with Crippen LogP contribution in [0.5, 0.6) is 0 Å². The molecule has 0 bridgehead atoms. The first-order chi connectivity index (χ1) is 12.1. The zero-order chi connectivity index (χ0) is 17.6. The van der Waals surface area contributed by atoms with Crippen LogP contribution in [0.1, 0.15) is 25.6 Å². The third kappa shape index (κ3) is 4.30. The predicted octanol–water partition coefficient (Wildman–Crippen LogP) is 4.50. The summed E-state index contributed by atoms with van der Waals surface area (Å²) in [6.07, 6.45) is 0. The van der Waals surface area contributed by atoms with E-state index in [1.54, 1.807) is 48.5 Å². The Morgan fingerprint density at radius 2 is 1.88 bits per heavy atom. The van der Waals surface area contributed by atoms with E-state index in [9.17, 15) is 14.0 Å². The minimum absolute atomic E-state index is 0.155. The Balaban J connectivity index is 1.65. The molecule has 0 saturated heterocycles. The SMILES string of the molecule is O=C(OCc1ccccc1F)c1cccc(NC(=O)c2cccs2)c1. The van der Waals surface area contributed by atoms with Gasteiger partial charge in [0.15, 0.2) is 0 Å². The van der Waals surface area contributed by atoms with E-state index in [1.165, 1.54) is 23.5 Å². The lowest BCUT2D eigenvalue weighted by atomic mass is 10.2. The van der Waals surface area contributed by atoms with Gasteiger partial charge < -0.3 is 10.1 Å². The molecule has 2 aromatic carbocycles. The van der Waals surface area contributed by atoms with Crippen LogP contribution in [-0.4, -0.2) is 11.9 Å². The van der Waals surface area contributed by atoms with Crippen molar-refractivity contribution in [2.24, 2.45) is 0 Å². The maximum absolute atomic E-state index is 13.5. The van der Waals surface area contributed by atoms with Crippen LogP contribution in [0.4, 0.5) is 10.1 Å².